The van der Waals surface area contributed by atoms with Crippen LogP contribution in [0, 0.1) is 0 Å². The van der Waals surface area contributed by atoms with Crippen LogP contribution >= 0.6 is 23.5 Å². The minimum atomic E-state index is 1.23. The van der Waals surface area contributed by atoms with Gasteiger partial charge >= 0.3 is 0 Å². The molecule has 0 nitrogen and oxygen atoms in total. The lowest BCUT2D eigenvalue weighted by Crippen LogP contribution is -1.86. The Bertz CT molecular complexity index is 1540. The van der Waals surface area contributed by atoms with E-state index in [4.69, 9.17) is 0 Å². The fraction of sp³-hybridized carbons (Fsp3) is 0.522. The molecule has 0 aliphatic heterocycles. The third kappa shape index (κ3) is 11.2. The number of fused-ring (bicyclic) bond motifs is 7. The zero-order chi connectivity index (χ0) is 33.2. The van der Waals surface area contributed by atoms with Crippen LogP contribution in [0.15, 0.2) is 82.6 Å². The van der Waals surface area contributed by atoms with E-state index >= 15 is 0 Å². The lowest BCUT2D eigenvalue weighted by Gasteiger charge is -2.12. The molecule has 0 heterocycles. The van der Waals surface area contributed by atoms with Gasteiger partial charge in [-0.25, -0.2) is 0 Å². The van der Waals surface area contributed by atoms with E-state index in [-0.39, 0.29) is 0 Å². The van der Waals surface area contributed by atoms with E-state index in [2.05, 4.69) is 86.6 Å². The standard InChI is InChI=1S/C46H62S2/c1-3-5-7-9-11-13-15-17-19-21-33-47-39-25-29-41-37(35-39)23-27-45-43(41)31-32-44-42-30-26-40(36-38(42)24-28-46(44)45)48-34-22-20-18-16-14-12-10-8-6-4-2/h23-32,35-36H,3-22,33-34H2,1-2H3. The summed E-state index contributed by atoms with van der Waals surface area (Å²) in [5.74, 6) is 2.46. The summed E-state index contributed by atoms with van der Waals surface area (Å²) in [7, 11) is 0. The molecule has 0 N–H and O–H groups in total. The van der Waals surface area contributed by atoms with E-state index in [0.717, 1.165) is 0 Å². The first-order valence-corrected chi connectivity index (χ1v) is 21.8. The average Bonchev–Trinajstić information content (AvgIpc) is 3.12. The van der Waals surface area contributed by atoms with Crippen molar-refractivity contribution in [2.75, 3.05) is 11.5 Å². The van der Waals surface area contributed by atoms with Crippen molar-refractivity contribution < 1.29 is 0 Å². The lowest BCUT2D eigenvalue weighted by atomic mass is 9.94. The number of rotatable bonds is 24. The maximum Gasteiger partial charge on any atom is 0.00783 e. The Kier molecular flexibility index (Phi) is 16.3. The van der Waals surface area contributed by atoms with Gasteiger partial charge in [0.25, 0.3) is 0 Å². The van der Waals surface area contributed by atoms with Crippen LogP contribution in [0.5, 0.6) is 0 Å². The largest absolute Gasteiger partial charge is 0.126 e. The molecule has 0 radical (unpaired) electrons. The first-order chi connectivity index (χ1) is 23.8. The van der Waals surface area contributed by atoms with Crippen LogP contribution < -0.4 is 0 Å². The van der Waals surface area contributed by atoms with Crippen LogP contribution in [0.2, 0.25) is 0 Å². The highest BCUT2D eigenvalue weighted by Gasteiger charge is 2.09. The topological polar surface area (TPSA) is 0 Å². The molecule has 0 saturated heterocycles. The van der Waals surface area contributed by atoms with Crippen LogP contribution in [0.4, 0.5) is 0 Å². The van der Waals surface area contributed by atoms with E-state index in [0.29, 0.717) is 0 Å². The Morgan fingerprint density at radius 2 is 0.604 bits per heavy atom. The van der Waals surface area contributed by atoms with Gasteiger partial charge < -0.3 is 0 Å². The smallest absolute Gasteiger partial charge is 0.00783 e. The fourth-order valence-corrected chi connectivity index (χ4v) is 9.32. The van der Waals surface area contributed by atoms with Crippen LogP contribution in [-0.2, 0) is 0 Å². The molecule has 0 aromatic heterocycles. The highest BCUT2D eigenvalue weighted by Crippen LogP contribution is 2.37. The van der Waals surface area contributed by atoms with Gasteiger partial charge in [-0.3, -0.25) is 0 Å². The van der Waals surface area contributed by atoms with Crippen molar-refractivity contribution >= 4 is 66.6 Å². The predicted molar refractivity (Wildman–Crippen MR) is 222 cm³/mol. The molecule has 2 heteroatoms. The van der Waals surface area contributed by atoms with E-state index in [1.807, 2.05) is 23.5 Å². The minimum absolute atomic E-state index is 1.23. The summed E-state index contributed by atoms with van der Waals surface area (Å²) in [4.78, 5) is 2.82. The van der Waals surface area contributed by atoms with E-state index < -0.39 is 0 Å². The minimum Gasteiger partial charge on any atom is -0.126 e. The second-order valence-electron chi connectivity index (χ2n) is 14.2. The molecule has 0 saturated carbocycles. The van der Waals surface area contributed by atoms with E-state index in [1.165, 1.54) is 193 Å². The van der Waals surface area contributed by atoms with Crippen LogP contribution in [0.1, 0.15) is 142 Å². The predicted octanol–water partition coefficient (Wildman–Crippen LogP) is 16.3. The fourth-order valence-electron chi connectivity index (χ4n) is 7.40. The van der Waals surface area contributed by atoms with Crippen molar-refractivity contribution in [2.45, 2.75) is 152 Å². The number of thioether (sulfide) groups is 2. The van der Waals surface area contributed by atoms with Gasteiger partial charge in [0.05, 0.1) is 0 Å². The van der Waals surface area contributed by atoms with Gasteiger partial charge in [0, 0.05) is 9.79 Å². The first kappa shape index (κ1) is 37.1. The quantitative estimate of drug-likeness (QED) is 0.0362. The van der Waals surface area contributed by atoms with Crippen LogP contribution in [0.25, 0.3) is 43.1 Å². The van der Waals surface area contributed by atoms with Gasteiger partial charge in [-0.1, -0.05) is 178 Å². The summed E-state index contributed by atoms with van der Waals surface area (Å²) >= 11 is 4.07. The molecule has 48 heavy (non-hydrogen) atoms. The van der Waals surface area contributed by atoms with Crippen molar-refractivity contribution in [2.24, 2.45) is 0 Å². The molecule has 5 aromatic rings. The van der Waals surface area contributed by atoms with Crippen LogP contribution in [0.3, 0.4) is 0 Å². The van der Waals surface area contributed by atoms with Crippen LogP contribution in [-0.4, -0.2) is 11.5 Å². The zero-order valence-corrected chi connectivity index (χ0v) is 31.9. The van der Waals surface area contributed by atoms with Gasteiger partial charge in [-0.15, -0.1) is 23.5 Å². The lowest BCUT2D eigenvalue weighted by molar-refractivity contribution is 0.563. The number of benzene rings is 5. The molecule has 0 aliphatic carbocycles. The molecule has 0 spiro atoms. The Labute approximate surface area is 301 Å². The summed E-state index contributed by atoms with van der Waals surface area (Å²) in [5.41, 5.74) is 0. The Morgan fingerprint density at radius 1 is 0.312 bits per heavy atom. The molecule has 0 bridgehead atoms. The maximum absolute atomic E-state index is 2.41. The monoisotopic (exact) mass is 678 g/mol. The third-order valence-corrected chi connectivity index (χ3v) is 12.5. The molecule has 0 aliphatic rings. The summed E-state index contributed by atoms with van der Waals surface area (Å²) in [6, 6.07) is 28.4. The van der Waals surface area contributed by atoms with Crippen molar-refractivity contribution in [3.05, 3.63) is 72.8 Å². The van der Waals surface area contributed by atoms with Gasteiger partial charge in [0.2, 0.25) is 0 Å². The van der Waals surface area contributed by atoms with Crippen molar-refractivity contribution in [3.8, 4) is 0 Å². The summed E-state index contributed by atoms with van der Waals surface area (Å²) in [6.45, 7) is 4.60. The van der Waals surface area contributed by atoms with Crippen molar-refractivity contribution in [1.82, 2.24) is 0 Å². The zero-order valence-electron chi connectivity index (χ0n) is 30.3. The van der Waals surface area contributed by atoms with Crippen molar-refractivity contribution in [1.29, 1.82) is 0 Å². The number of hydrogen-bond donors (Lipinski definition) is 0. The maximum atomic E-state index is 2.41. The second-order valence-corrected chi connectivity index (χ2v) is 16.6. The molecule has 0 fully saturated rings. The average molecular weight is 679 g/mol. The van der Waals surface area contributed by atoms with Gasteiger partial charge in [0.15, 0.2) is 0 Å². The Balaban J connectivity index is 1.11. The molecule has 258 valence electrons. The SMILES string of the molecule is CCCCCCCCCCCCSc1ccc2c(ccc3c2ccc2c4ccc(SCCCCCCCCCCCC)cc4ccc23)c1. The molecular formula is C46H62S2. The summed E-state index contributed by atoms with van der Waals surface area (Å²) < 4.78 is 0. The number of hydrogen-bond acceptors (Lipinski definition) is 2. The highest BCUT2D eigenvalue weighted by atomic mass is 32.2. The summed E-state index contributed by atoms with van der Waals surface area (Å²) in [6.07, 6.45) is 28.1. The summed E-state index contributed by atoms with van der Waals surface area (Å²) in [5, 5.41) is 10.9. The second kappa shape index (κ2) is 21.1. The Hall–Kier alpha value is -2.16. The Morgan fingerprint density at radius 3 is 0.979 bits per heavy atom. The molecule has 5 aromatic carbocycles. The molecular weight excluding hydrogens is 617 g/mol. The van der Waals surface area contributed by atoms with E-state index in [1.54, 1.807) is 0 Å². The van der Waals surface area contributed by atoms with E-state index in [9.17, 15) is 0 Å². The molecule has 0 amide bonds. The molecule has 5 rings (SSSR count). The molecule has 0 unspecified atom stereocenters. The molecule has 0 atom stereocenters. The number of unbranched alkanes of at least 4 members (excludes halogenated alkanes) is 18. The normalized spacial score (nSPS) is 11.9. The van der Waals surface area contributed by atoms with Crippen molar-refractivity contribution in [3.63, 3.8) is 0 Å². The first-order valence-electron chi connectivity index (χ1n) is 19.9. The van der Waals surface area contributed by atoms with Gasteiger partial charge in [-0.2, -0.15) is 0 Å². The highest BCUT2D eigenvalue weighted by molar-refractivity contribution is 7.99. The third-order valence-electron chi connectivity index (χ3n) is 10.3. The van der Waals surface area contributed by atoms with Gasteiger partial charge in [0.1, 0.15) is 0 Å². The van der Waals surface area contributed by atoms with Gasteiger partial charge in [-0.05, 0) is 91.7 Å².